The summed E-state index contributed by atoms with van der Waals surface area (Å²) in [6.07, 6.45) is 1.64. The predicted molar refractivity (Wildman–Crippen MR) is 154 cm³/mol. The third-order valence-corrected chi connectivity index (χ3v) is 7.58. The molecule has 13 heteroatoms. The van der Waals surface area contributed by atoms with Gasteiger partial charge >= 0.3 is 0 Å². The molecular weight excluding hydrogens is 586 g/mol. The van der Waals surface area contributed by atoms with E-state index in [-0.39, 0.29) is 12.2 Å². The van der Waals surface area contributed by atoms with Gasteiger partial charge in [-0.05, 0) is 42.0 Å². The number of anilines is 3. The zero-order chi connectivity index (χ0) is 27.4. The van der Waals surface area contributed by atoms with Crippen molar-refractivity contribution in [3.05, 3.63) is 71.0 Å². The quantitative estimate of drug-likeness (QED) is 0.273. The van der Waals surface area contributed by atoms with Crippen LogP contribution in [-0.4, -0.2) is 67.9 Å². The average molecular weight is 613 g/mol. The molecule has 0 spiro atoms. The number of rotatable bonds is 8. The highest BCUT2D eigenvalue weighted by molar-refractivity contribution is 9.10. The Morgan fingerprint density at radius 2 is 1.79 bits per heavy atom. The fourth-order valence-electron chi connectivity index (χ4n) is 4.18. The smallest absolute Gasteiger partial charge is 0.270 e. The Kier molecular flexibility index (Phi) is 8.02. The van der Waals surface area contributed by atoms with Gasteiger partial charge < -0.3 is 20.3 Å². The van der Waals surface area contributed by atoms with Crippen LogP contribution in [0, 0.1) is 0 Å². The van der Waals surface area contributed by atoms with Crippen LogP contribution in [0.25, 0.3) is 22.2 Å². The van der Waals surface area contributed by atoms with Crippen LogP contribution in [0.2, 0.25) is 0 Å². The summed E-state index contributed by atoms with van der Waals surface area (Å²) in [6, 6.07) is 17.2. The van der Waals surface area contributed by atoms with E-state index in [1.807, 2.05) is 48.5 Å². The molecule has 3 heterocycles. The van der Waals surface area contributed by atoms with Crippen molar-refractivity contribution in [2.45, 2.75) is 0 Å². The van der Waals surface area contributed by atoms with Crippen LogP contribution in [0.1, 0.15) is 10.5 Å². The van der Waals surface area contributed by atoms with Gasteiger partial charge in [0.15, 0.2) is 5.65 Å². The Balaban J connectivity index is 1.44. The lowest BCUT2D eigenvalue weighted by Crippen LogP contribution is -2.36. The summed E-state index contributed by atoms with van der Waals surface area (Å²) in [5, 5.41) is 11.5. The molecule has 1 saturated heterocycles. The van der Waals surface area contributed by atoms with Crippen LogP contribution >= 0.6 is 15.9 Å². The number of hydrogen-bond donors (Lipinski definition) is 3. The Labute approximate surface area is 234 Å². The van der Waals surface area contributed by atoms with E-state index in [2.05, 4.69) is 46.4 Å². The molecule has 1 amide bonds. The van der Waals surface area contributed by atoms with Gasteiger partial charge in [-0.15, -0.1) is 0 Å². The second kappa shape index (κ2) is 11.6. The first-order chi connectivity index (χ1) is 18.8. The van der Waals surface area contributed by atoms with Gasteiger partial charge in [-0.2, -0.15) is 4.98 Å². The topological polar surface area (TPSA) is 152 Å². The normalized spacial score (nSPS) is 13.8. The molecule has 4 N–H and O–H groups in total. The van der Waals surface area contributed by atoms with Crippen molar-refractivity contribution in [3.63, 3.8) is 0 Å². The second-order valence-electron chi connectivity index (χ2n) is 8.87. The van der Waals surface area contributed by atoms with Crippen LogP contribution in [0.3, 0.4) is 0 Å². The number of nitrogens with two attached hydrogens (primary N) is 1. The maximum atomic E-state index is 13.1. The summed E-state index contributed by atoms with van der Waals surface area (Å²) in [4.78, 5) is 28.9. The minimum atomic E-state index is -3.73. The standard InChI is InChI=1S/C26H26BrN7O4S/c27-22-4-2-1-3-20(22)21-15-17-16-30-26(31-18-5-7-19(8-6-18)34-10-12-38-13-11-34)33-24(17)32-23(21)25(35)29-9-14-39(28,36)37/h1-8,15-16H,9-14H2,(H,29,35)(H2,28,36,37)(H,30,31,32,33). The maximum absolute atomic E-state index is 13.1. The van der Waals surface area contributed by atoms with Crippen LogP contribution in [-0.2, 0) is 14.8 Å². The number of amides is 1. The highest BCUT2D eigenvalue weighted by Crippen LogP contribution is 2.32. The largest absolute Gasteiger partial charge is 0.378 e. The van der Waals surface area contributed by atoms with E-state index in [1.165, 1.54) is 0 Å². The molecule has 0 aliphatic carbocycles. The zero-order valence-electron chi connectivity index (χ0n) is 20.8. The Morgan fingerprint density at radius 1 is 1.05 bits per heavy atom. The molecule has 2 aromatic carbocycles. The Hall–Kier alpha value is -3.65. The molecule has 2 aromatic heterocycles. The first-order valence-electron chi connectivity index (χ1n) is 12.2. The van der Waals surface area contributed by atoms with E-state index < -0.39 is 21.7 Å². The van der Waals surface area contributed by atoms with Gasteiger partial charge in [-0.1, -0.05) is 34.1 Å². The lowest BCUT2D eigenvalue weighted by atomic mass is 10.0. The number of carbonyl (C=O) groups excluding carboxylic acids is 1. The summed E-state index contributed by atoms with van der Waals surface area (Å²) >= 11 is 3.53. The van der Waals surface area contributed by atoms with Crippen molar-refractivity contribution in [1.82, 2.24) is 20.3 Å². The lowest BCUT2D eigenvalue weighted by Gasteiger charge is -2.28. The molecule has 5 rings (SSSR count). The minimum absolute atomic E-state index is 0.100. The molecular formula is C26H26BrN7O4S. The number of aromatic nitrogens is 3. The van der Waals surface area contributed by atoms with Gasteiger partial charge in [0.2, 0.25) is 16.0 Å². The van der Waals surface area contributed by atoms with E-state index in [4.69, 9.17) is 9.88 Å². The molecule has 1 aliphatic heterocycles. The maximum Gasteiger partial charge on any atom is 0.270 e. The molecule has 0 bridgehead atoms. The van der Waals surface area contributed by atoms with E-state index in [1.54, 1.807) is 12.3 Å². The van der Waals surface area contributed by atoms with Gasteiger partial charge in [0, 0.05) is 52.6 Å². The van der Waals surface area contributed by atoms with Gasteiger partial charge in [-0.25, -0.2) is 23.5 Å². The number of sulfonamides is 1. The molecule has 202 valence electrons. The molecule has 11 nitrogen and oxygen atoms in total. The predicted octanol–water partition coefficient (Wildman–Crippen LogP) is 3.05. The van der Waals surface area contributed by atoms with Gasteiger partial charge in [0.25, 0.3) is 5.91 Å². The molecule has 0 radical (unpaired) electrons. The SMILES string of the molecule is NS(=O)(=O)CCNC(=O)c1nc2nc(Nc3ccc(N4CCOCC4)cc3)ncc2cc1-c1ccccc1Br. The molecule has 0 unspecified atom stereocenters. The number of halogens is 1. The van der Waals surface area contributed by atoms with E-state index >= 15 is 0 Å². The van der Waals surface area contributed by atoms with Gasteiger partial charge in [0.05, 0.1) is 19.0 Å². The average Bonchev–Trinajstić information content (AvgIpc) is 2.93. The number of nitrogens with zero attached hydrogens (tertiary/aromatic N) is 4. The molecule has 1 aliphatic rings. The summed E-state index contributed by atoms with van der Waals surface area (Å²) in [5.41, 5.74) is 3.62. The second-order valence-corrected chi connectivity index (χ2v) is 11.5. The van der Waals surface area contributed by atoms with Crippen molar-refractivity contribution in [1.29, 1.82) is 0 Å². The minimum Gasteiger partial charge on any atom is -0.378 e. The van der Waals surface area contributed by atoms with Crippen molar-refractivity contribution >= 4 is 60.2 Å². The number of hydrogen-bond acceptors (Lipinski definition) is 9. The fourth-order valence-corrected chi connectivity index (χ4v) is 5.06. The summed E-state index contributed by atoms with van der Waals surface area (Å²) < 4.78 is 28.8. The van der Waals surface area contributed by atoms with Gasteiger partial charge in [0.1, 0.15) is 5.69 Å². The summed E-state index contributed by atoms with van der Waals surface area (Å²) in [6.45, 7) is 2.99. The Morgan fingerprint density at radius 3 is 2.51 bits per heavy atom. The van der Waals surface area contributed by atoms with Crippen molar-refractivity contribution < 1.29 is 17.9 Å². The number of ether oxygens (including phenoxy) is 1. The zero-order valence-corrected chi connectivity index (χ0v) is 23.2. The Bertz CT molecular complexity index is 1610. The van der Waals surface area contributed by atoms with Crippen molar-refractivity contribution in [3.8, 4) is 11.1 Å². The lowest BCUT2D eigenvalue weighted by molar-refractivity contribution is 0.0952. The fraction of sp³-hybridized carbons (Fsp3) is 0.231. The van der Waals surface area contributed by atoms with E-state index in [9.17, 15) is 13.2 Å². The molecule has 0 atom stereocenters. The molecule has 4 aromatic rings. The van der Waals surface area contributed by atoms with E-state index in [0.717, 1.165) is 34.5 Å². The number of carbonyl (C=O) groups is 1. The number of pyridine rings is 1. The highest BCUT2D eigenvalue weighted by Gasteiger charge is 2.19. The number of benzene rings is 2. The highest BCUT2D eigenvalue weighted by atomic mass is 79.9. The number of nitrogens with one attached hydrogen (secondary N) is 2. The first-order valence-corrected chi connectivity index (χ1v) is 14.7. The first kappa shape index (κ1) is 26.9. The van der Waals surface area contributed by atoms with Crippen molar-refractivity contribution in [2.24, 2.45) is 5.14 Å². The van der Waals surface area contributed by atoms with Crippen LogP contribution in [0.5, 0.6) is 0 Å². The number of primary sulfonamides is 1. The molecule has 1 fully saturated rings. The van der Waals surface area contributed by atoms with Gasteiger partial charge in [-0.3, -0.25) is 4.79 Å². The third-order valence-electron chi connectivity index (χ3n) is 6.12. The summed E-state index contributed by atoms with van der Waals surface area (Å²) in [5.74, 6) is -0.612. The molecule has 39 heavy (non-hydrogen) atoms. The summed E-state index contributed by atoms with van der Waals surface area (Å²) in [7, 11) is -3.73. The number of morpholine rings is 1. The third kappa shape index (κ3) is 6.68. The molecule has 0 saturated carbocycles. The van der Waals surface area contributed by atoms with E-state index in [0.29, 0.717) is 35.8 Å². The van der Waals surface area contributed by atoms with Crippen LogP contribution in [0.15, 0.2) is 65.3 Å². The van der Waals surface area contributed by atoms with Crippen molar-refractivity contribution in [2.75, 3.05) is 48.8 Å². The van der Waals surface area contributed by atoms with Crippen LogP contribution in [0.4, 0.5) is 17.3 Å². The van der Waals surface area contributed by atoms with Crippen LogP contribution < -0.4 is 20.7 Å². The number of fused-ring (bicyclic) bond motifs is 1. The monoisotopic (exact) mass is 611 g/mol.